The number of rotatable bonds is 8. The summed E-state index contributed by atoms with van der Waals surface area (Å²) in [4.78, 5) is 0. The monoisotopic (exact) mass is 275 g/mol. The molecule has 1 N–H and O–H groups in total. The molecule has 0 spiro atoms. The Morgan fingerprint density at radius 2 is 1.90 bits per heavy atom. The normalized spacial score (nSPS) is 10.7. The molecule has 0 bridgehead atoms. The summed E-state index contributed by atoms with van der Waals surface area (Å²) in [6, 6.07) is 9.88. The van der Waals surface area contributed by atoms with Crippen molar-refractivity contribution in [2.75, 3.05) is 13.7 Å². The van der Waals surface area contributed by atoms with Crippen molar-refractivity contribution in [1.82, 2.24) is 5.32 Å². The van der Waals surface area contributed by atoms with Crippen LogP contribution in [0.15, 0.2) is 41.0 Å². The predicted octanol–water partition coefficient (Wildman–Crippen LogP) is 3.11. The van der Waals surface area contributed by atoms with Crippen molar-refractivity contribution in [3.63, 3.8) is 0 Å². The lowest BCUT2D eigenvalue weighted by molar-refractivity contribution is 0.0929. The Kier molecular flexibility index (Phi) is 5.65. The first-order chi connectivity index (χ1) is 9.81. The third-order valence-corrected chi connectivity index (χ3v) is 2.96. The number of hydrogen-bond acceptors (Lipinski definition) is 4. The minimum atomic E-state index is 0.484. The van der Waals surface area contributed by atoms with Crippen molar-refractivity contribution in [2.45, 2.75) is 26.7 Å². The molecule has 0 aliphatic carbocycles. The van der Waals surface area contributed by atoms with Crippen LogP contribution in [-0.4, -0.2) is 13.7 Å². The Labute approximate surface area is 119 Å². The van der Waals surface area contributed by atoms with Gasteiger partial charge in [-0.3, -0.25) is 0 Å². The SMILES string of the molecule is CCNCc1coc(COCc2ccc(OC)cc2)c1. The maximum Gasteiger partial charge on any atom is 0.129 e. The number of ether oxygens (including phenoxy) is 2. The average molecular weight is 275 g/mol. The van der Waals surface area contributed by atoms with Crippen LogP contribution in [0.3, 0.4) is 0 Å². The molecule has 0 radical (unpaired) electrons. The van der Waals surface area contributed by atoms with Gasteiger partial charge in [0.1, 0.15) is 18.1 Å². The Balaban J connectivity index is 1.75. The quantitative estimate of drug-likeness (QED) is 0.804. The molecule has 0 atom stereocenters. The van der Waals surface area contributed by atoms with Crippen LogP contribution in [-0.2, 0) is 24.5 Å². The molecule has 0 saturated carbocycles. The van der Waals surface area contributed by atoms with Crippen LogP contribution in [0.2, 0.25) is 0 Å². The van der Waals surface area contributed by atoms with Crippen molar-refractivity contribution in [1.29, 1.82) is 0 Å². The molecule has 4 heteroatoms. The largest absolute Gasteiger partial charge is 0.497 e. The first-order valence-corrected chi connectivity index (χ1v) is 6.79. The van der Waals surface area contributed by atoms with Crippen LogP contribution in [0.25, 0.3) is 0 Å². The molecule has 4 nitrogen and oxygen atoms in total. The van der Waals surface area contributed by atoms with Gasteiger partial charge in [-0.1, -0.05) is 19.1 Å². The molecule has 2 aromatic rings. The van der Waals surface area contributed by atoms with Crippen LogP contribution in [0.4, 0.5) is 0 Å². The summed E-state index contributed by atoms with van der Waals surface area (Å²) in [5.41, 5.74) is 2.26. The molecular formula is C16H21NO3. The molecule has 0 aliphatic heterocycles. The van der Waals surface area contributed by atoms with Crippen LogP contribution in [0.1, 0.15) is 23.8 Å². The molecule has 1 heterocycles. The Bertz CT molecular complexity index is 505. The van der Waals surface area contributed by atoms with E-state index < -0.39 is 0 Å². The zero-order valence-corrected chi connectivity index (χ0v) is 12.0. The molecule has 20 heavy (non-hydrogen) atoms. The van der Waals surface area contributed by atoms with Gasteiger partial charge in [0.2, 0.25) is 0 Å². The highest BCUT2D eigenvalue weighted by Gasteiger charge is 2.02. The van der Waals surface area contributed by atoms with Gasteiger partial charge in [0.25, 0.3) is 0 Å². The van der Waals surface area contributed by atoms with E-state index in [0.717, 1.165) is 35.7 Å². The molecule has 0 fully saturated rings. The number of benzene rings is 1. The van der Waals surface area contributed by atoms with Crippen molar-refractivity contribution >= 4 is 0 Å². The fourth-order valence-electron chi connectivity index (χ4n) is 1.86. The minimum absolute atomic E-state index is 0.484. The molecule has 2 rings (SSSR count). The standard InChI is InChI=1S/C16H21NO3/c1-3-17-9-14-8-16(20-11-14)12-19-10-13-4-6-15(18-2)7-5-13/h4-8,11,17H,3,9-10,12H2,1-2H3. The van der Waals surface area contributed by atoms with Gasteiger partial charge in [0, 0.05) is 12.1 Å². The molecule has 1 aromatic heterocycles. The van der Waals surface area contributed by atoms with Gasteiger partial charge >= 0.3 is 0 Å². The van der Waals surface area contributed by atoms with Gasteiger partial charge in [-0.15, -0.1) is 0 Å². The Morgan fingerprint density at radius 1 is 1.10 bits per heavy atom. The number of methoxy groups -OCH3 is 1. The van der Waals surface area contributed by atoms with E-state index in [2.05, 4.69) is 12.2 Å². The van der Waals surface area contributed by atoms with Crippen molar-refractivity contribution in [3.8, 4) is 5.75 Å². The zero-order chi connectivity index (χ0) is 14.2. The van der Waals surface area contributed by atoms with Crippen LogP contribution in [0.5, 0.6) is 5.75 Å². The van der Waals surface area contributed by atoms with Crippen molar-refractivity contribution in [3.05, 3.63) is 53.5 Å². The third kappa shape index (κ3) is 4.40. The van der Waals surface area contributed by atoms with E-state index >= 15 is 0 Å². The summed E-state index contributed by atoms with van der Waals surface area (Å²) in [6.45, 7) is 4.91. The molecule has 108 valence electrons. The first kappa shape index (κ1) is 14.6. The number of furan rings is 1. The summed E-state index contributed by atoms with van der Waals surface area (Å²) in [6.07, 6.45) is 1.77. The number of nitrogens with one attached hydrogen (secondary N) is 1. The second kappa shape index (κ2) is 7.72. The average Bonchev–Trinajstić information content (AvgIpc) is 2.94. The highest BCUT2D eigenvalue weighted by Crippen LogP contribution is 2.13. The maximum atomic E-state index is 5.64. The fraction of sp³-hybridized carbons (Fsp3) is 0.375. The van der Waals surface area contributed by atoms with E-state index in [1.165, 1.54) is 0 Å². The summed E-state index contributed by atoms with van der Waals surface area (Å²) in [5, 5.41) is 3.26. The lowest BCUT2D eigenvalue weighted by Crippen LogP contribution is -2.10. The van der Waals surface area contributed by atoms with E-state index in [4.69, 9.17) is 13.9 Å². The van der Waals surface area contributed by atoms with Crippen molar-refractivity contribution in [2.24, 2.45) is 0 Å². The van der Waals surface area contributed by atoms with Gasteiger partial charge in [0.15, 0.2) is 0 Å². The lowest BCUT2D eigenvalue weighted by Gasteiger charge is -2.04. The molecule has 0 saturated heterocycles. The predicted molar refractivity (Wildman–Crippen MR) is 77.6 cm³/mol. The Hall–Kier alpha value is -1.78. The summed E-state index contributed by atoms with van der Waals surface area (Å²) < 4.78 is 16.2. The van der Waals surface area contributed by atoms with Gasteiger partial charge in [-0.25, -0.2) is 0 Å². The molecule has 0 unspecified atom stereocenters. The summed E-state index contributed by atoms with van der Waals surface area (Å²) in [5.74, 6) is 1.71. The molecule has 0 amide bonds. The lowest BCUT2D eigenvalue weighted by atomic mass is 10.2. The van der Waals surface area contributed by atoms with E-state index in [1.54, 1.807) is 13.4 Å². The van der Waals surface area contributed by atoms with Gasteiger partial charge in [-0.2, -0.15) is 0 Å². The Morgan fingerprint density at radius 3 is 2.60 bits per heavy atom. The fourth-order valence-corrected chi connectivity index (χ4v) is 1.86. The minimum Gasteiger partial charge on any atom is -0.497 e. The molecule has 0 aliphatic rings. The van der Waals surface area contributed by atoms with Crippen LogP contribution >= 0.6 is 0 Å². The van der Waals surface area contributed by atoms with E-state index in [9.17, 15) is 0 Å². The van der Waals surface area contributed by atoms with Crippen LogP contribution in [0, 0.1) is 0 Å². The second-order valence-corrected chi connectivity index (χ2v) is 4.54. The summed E-state index contributed by atoms with van der Waals surface area (Å²) >= 11 is 0. The van der Waals surface area contributed by atoms with Crippen LogP contribution < -0.4 is 10.1 Å². The second-order valence-electron chi connectivity index (χ2n) is 4.54. The molecular weight excluding hydrogens is 254 g/mol. The van der Waals surface area contributed by atoms with Gasteiger partial charge in [-0.05, 0) is 30.3 Å². The van der Waals surface area contributed by atoms with Gasteiger partial charge < -0.3 is 19.2 Å². The van der Waals surface area contributed by atoms with Crippen molar-refractivity contribution < 1.29 is 13.9 Å². The van der Waals surface area contributed by atoms with E-state index in [0.29, 0.717) is 13.2 Å². The number of hydrogen-bond donors (Lipinski definition) is 1. The highest BCUT2D eigenvalue weighted by molar-refractivity contribution is 5.26. The third-order valence-electron chi connectivity index (χ3n) is 2.96. The summed E-state index contributed by atoms with van der Waals surface area (Å²) in [7, 11) is 1.66. The smallest absolute Gasteiger partial charge is 0.129 e. The van der Waals surface area contributed by atoms with E-state index in [-0.39, 0.29) is 0 Å². The highest BCUT2D eigenvalue weighted by atomic mass is 16.5. The maximum absolute atomic E-state index is 5.64. The first-order valence-electron chi connectivity index (χ1n) is 6.79. The van der Waals surface area contributed by atoms with Gasteiger partial charge in [0.05, 0.1) is 20.0 Å². The zero-order valence-electron chi connectivity index (χ0n) is 12.0. The molecule has 1 aromatic carbocycles. The van der Waals surface area contributed by atoms with E-state index in [1.807, 2.05) is 30.3 Å². The topological polar surface area (TPSA) is 43.6 Å².